The maximum absolute atomic E-state index is 12.0. The van der Waals surface area contributed by atoms with Gasteiger partial charge in [0.1, 0.15) is 0 Å². The minimum atomic E-state index is -0.879. The Labute approximate surface area is 120 Å². The van der Waals surface area contributed by atoms with Crippen LogP contribution in [-0.2, 0) is 9.59 Å². The average Bonchev–Trinajstić information content (AvgIpc) is 3.04. The number of rotatable bonds is 4. The summed E-state index contributed by atoms with van der Waals surface area (Å²) in [4.78, 5) is 36.7. The highest BCUT2D eigenvalue weighted by Crippen LogP contribution is 2.22. The lowest BCUT2D eigenvalue weighted by molar-refractivity contribution is -0.142. The van der Waals surface area contributed by atoms with E-state index in [2.05, 4.69) is 5.32 Å². The highest BCUT2D eigenvalue weighted by Gasteiger charge is 2.36. The molecular weight excluding hydrogens is 280 g/mol. The molecule has 2 N–H and O–H groups in total. The number of carboxylic acids is 1. The minimum absolute atomic E-state index is 0.0653. The van der Waals surface area contributed by atoms with Crippen LogP contribution in [0.2, 0.25) is 0 Å². The van der Waals surface area contributed by atoms with E-state index in [4.69, 9.17) is 5.11 Å². The zero-order chi connectivity index (χ0) is 14.7. The van der Waals surface area contributed by atoms with Crippen LogP contribution >= 0.6 is 11.3 Å². The molecule has 2 unspecified atom stereocenters. The van der Waals surface area contributed by atoms with Gasteiger partial charge in [0.25, 0.3) is 5.91 Å². The topological polar surface area (TPSA) is 86.7 Å². The van der Waals surface area contributed by atoms with Crippen LogP contribution in [0, 0.1) is 11.8 Å². The second-order valence-electron chi connectivity index (χ2n) is 4.88. The third kappa shape index (κ3) is 3.16. The molecule has 2 atom stereocenters. The van der Waals surface area contributed by atoms with Crippen LogP contribution < -0.4 is 5.32 Å². The number of aliphatic carboxylic acids is 1. The second-order valence-corrected chi connectivity index (χ2v) is 5.83. The molecule has 1 aromatic rings. The lowest BCUT2D eigenvalue weighted by Crippen LogP contribution is -2.39. The van der Waals surface area contributed by atoms with Crippen molar-refractivity contribution < 1.29 is 19.5 Å². The molecule has 20 heavy (non-hydrogen) atoms. The van der Waals surface area contributed by atoms with Crippen molar-refractivity contribution in [2.24, 2.45) is 11.8 Å². The molecule has 0 aliphatic carbocycles. The van der Waals surface area contributed by atoms with Crippen molar-refractivity contribution in [3.8, 4) is 0 Å². The third-order valence-electron chi connectivity index (χ3n) is 3.43. The van der Waals surface area contributed by atoms with Crippen molar-refractivity contribution in [2.45, 2.75) is 6.92 Å². The first-order valence-electron chi connectivity index (χ1n) is 6.31. The van der Waals surface area contributed by atoms with E-state index in [1.54, 1.807) is 17.5 Å². The number of carbonyl (C=O) groups is 3. The van der Waals surface area contributed by atoms with Crippen molar-refractivity contribution in [3.05, 3.63) is 22.4 Å². The predicted octanol–water partition coefficient (Wildman–Crippen LogP) is 0.657. The molecule has 0 bridgehead atoms. The van der Waals surface area contributed by atoms with Gasteiger partial charge in [-0.1, -0.05) is 13.0 Å². The molecule has 1 aliphatic rings. The molecule has 108 valence electrons. The Balaban J connectivity index is 1.84. The van der Waals surface area contributed by atoms with E-state index in [-0.39, 0.29) is 30.8 Å². The number of nitrogens with one attached hydrogen (secondary N) is 1. The molecule has 0 radical (unpaired) electrons. The molecule has 2 rings (SSSR count). The van der Waals surface area contributed by atoms with Gasteiger partial charge in [-0.3, -0.25) is 14.4 Å². The number of carboxylic acid groups (broad SMARTS) is 1. The molecule has 1 fully saturated rings. The fraction of sp³-hybridized carbons (Fsp3) is 0.462. The fourth-order valence-corrected chi connectivity index (χ4v) is 2.89. The summed E-state index contributed by atoms with van der Waals surface area (Å²) in [6.07, 6.45) is 0. The smallest absolute Gasteiger partial charge is 0.308 e. The maximum Gasteiger partial charge on any atom is 0.308 e. The summed E-state index contributed by atoms with van der Waals surface area (Å²) in [7, 11) is 0. The van der Waals surface area contributed by atoms with Crippen molar-refractivity contribution in [1.29, 1.82) is 0 Å². The Morgan fingerprint density at radius 2 is 2.20 bits per heavy atom. The van der Waals surface area contributed by atoms with Crippen LogP contribution in [0.5, 0.6) is 0 Å². The van der Waals surface area contributed by atoms with Crippen LogP contribution in [0.1, 0.15) is 16.6 Å². The fourth-order valence-electron chi connectivity index (χ4n) is 2.25. The summed E-state index contributed by atoms with van der Waals surface area (Å²) in [5.41, 5.74) is 0. The van der Waals surface area contributed by atoms with Crippen molar-refractivity contribution in [2.75, 3.05) is 19.6 Å². The van der Waals surface area contributed by atoms with Gasteiger partial charge in [-0.05, 0) is 17.4 Å². The molecule has 0 saturated carbocycles. The van der Waals surface area contributed by atoms with E-state index in [1.165, 1.54) is 16.2 Å². The molecule has 1 aromatic heterocycles. The van der Waals surface area contributed by atoms with Gasteiger partial charge in [0.2, 0.25) is 5.91 Å². The van der Waals surface area contributed by atoms with Crippen molar-refractivity contribution in [1.82, 2.24) is 10.2 Å². The normalized spacial score (nSPS) is 21.8. The summed E-state index contributed by atoms with van der Waals surface area (Å²) in [6, 6.07) is 3.45. The number of thiophene rings is 1. The van der Waals surface area contributed by atoms with Crippen LogP contribution in [0.4, 0.5) is 0 Å². The molecule has 0 aromatic carbocycles. The lowest BCUT2D eigenvalue weighted by Gasteiger charge is -2.16. The first-order valence-corrected chi connectivity index (χ1v) is 7.19. The van der Waals surface area contributed by atoms with Gasteiger partial charge in [0.05, 0.1) is 17.3 Å². The Hall–Kier alpha value is -1.89. The number of hydrogen-bond acceptors (Lipinski definition) is 4. The Bertz CT molecular complexity index is 514. The highest BCUT2D eigenvalue weighted by molar-refractivity contribution is 7.12. The van der Waals surface area contributed by atoms with E-state index >= 15 is 0 Å². The molecule has 7 heteroatoms. The molecule has 6 nitrogen and oxygen atoms in total. The summed E-state index contributed by atoms with van der Waals surface area (Å²) in [5, 5.41) is 13.4. The number of hydrogen-bond donors (Lipinski definition) is 2. The van der Waals surface area contributed by atoms with Crippen LogP contribution in [0.15, 0.2) is 17.5 Å². The van der Waals surface area contributed by atoms with Crippen LogP contribution in [0.3, 0.4) is 0 Å². The SMILES string of the molecule is CC1CN(C(=O)CNC(=O)c2cccs2)CC1C(=O)O. The molecular formula is C13H16N2O4S. The first kappa shape index (κ1) is 14.5. The summed E-state index contributed by atoms with van der Waals surface area (Å²) < 4.78 is 0. The zero-order valence-corrected chi connectivity index (χ0v) is 11.9. The van der Waals surface area contributed by atoms with Gasteiger partial charge in [-0.2, -0.15) is 0 Å². The predicted molar refractivity (Wildman–Crippen MR) is 73.5 cm³/mol. The van der Waals surface area contributed by atoms with Gasteiger partial charge in [0.15, 0.2) is 0 Å². The summed E-state index contributed by atoms with van der Waals surface area (Å²) >= 11 is 1.30. The number of nitrogens with zero attached hydrogens (tertiary/aromatic N) is 1. The maximum atomic E-state index is 12.0. The lowest BCUT2D eigenvalue weighted by atomic mass is 9.99. The third-order valence-corrected chi connectivity index (χ3v) is 4.30. The number of carbonyl (C=O) groups excluding carboxylic acids is 2. The van der Waals surface area contributed by atoms with Gasteiger partial charge >= 0.3 is 5.97 Å². The van der Waals surface area contributed by atoms with E-state index < -0.39 is 11.9 Å². The molecule has 1 saturated heterocycles. The van der Waals surface area contributed by atoms with E-state index in [9.17, 15) is 14.4 Å². The molecule has 2 heterocycles. The molecule has 2 amide bonds. The minimum Gasteiger partial charge on any atom is -0.481 e. The van der Waals surface area contributed by atoms with Gasteiger partial charge in [-0.15, -0.1) is 11.3 Å². The largest absolute Gasteiger partial charge is 0.481 e. The van der Waals surface area contributed by atoms with Gasteiger partial charge in [0, 0.05) is 13.1 Å². The summed E-state index contributed by atoms with van der Waals surface area (Å²) in [6.45, 7) is 2.35. The standard InChI is InChI=1S/C13H16N2O4S/c1-8-6-15(7-9(8)13(18)19)11(16)5-14-12(17)10-3-2-4-20-10/h2-4,8-9H,5-7H2,1H3,(H,14,17)(H,18,19). The van der Waals surface area contributed by atoms with E-state index in [0.29, 0.717) is 11.4 Å². The Morgan fingerprint density at radius 3 is 2.75 bits per heavy atom. The van der Waals surface area contributed by atoms with Crippen LogP contribution in [-0.4, -0.2) is 47.4 Å². The first-order chi connectivity index (χ1) is 9.49. The highest BCUT2D eigenvalue weighted by atomic mass is 32.1. The average molecular weight is 296 g/mol. The van der Waals surface area contributed by atoms with Crippen molar-refractivity contribution in [3.63, 3.8) is 0 Å². The summed E-state index contributed by atoms with van der Waals surface area (Å²) in [5.74, 6) is -1.99. The second kappa shape index (κ2) is 6.04. The van der Waals surface area contributed by atoms with E-state index in [0.717, 1.165) is 0 Å². The number of amides is 2. The van der Waals surface area contributed by atoms with Gasteiger partial charge in [-0.25, -0.2) is 0 Å². The zero-order valence-electron chi connectivity index (χ0n) is 11.0. The number of likely N-dealkylation sites (tertiary alicyclic amines) is 1. The quantitative estimate of drug-likeness (QED) is 0.854. The van der Waals surface area contributed by atoms with E-state index in [1.807, 2.05) is 6.92 Å². The van der Waals surface area contributed by atoms with Crippen molar-refractivity contribution >= 4 is 29.1 Å². The molecule has 0 spiro atoms. The van der Waals surface area contributed by atoms with Gasteiger partial charge < -0.3 is 15.3 Å². The Kier molecular flexibility index (Phi) is 4.39. The molecule has 1 aliphatic heterocycles. The Morgan fingerprint density at radius 1 is 1.45 bits per heavy atom. The monoisotopic (exact) mass is 296 g/mol. The van der Waals surface area contributed by atoms with Crippen LogP contribution in [0.25, 0.3) is 0 Å².